The van der Waals surface area contributed by atoms with Crippen LogP contribution in [0, 0.1) is 5.92 Å². The predicted molar refractivity (Wildman–Crippen MR) is 102 cm³/mol. The average molecular weight is 360 g/mol. The second-order valence-corrected chi connectivity index (χ2v) is 6.71. The van der Waals surface area contributed by atoms with Gasteiger partial charge in [-0.3, -0.25) is 4.90 Å². The summed E-state index contributed by atoms with van der Waals surface area (Å²) in [5.74, 6) is 0.435. The van der Waals surface area contributed by atoms with Crippen molar-refractivity contribution in [3.8, 4) is 0 Å². The molecule has 0 aromatic heterocycles. The highest BCUT2D eigenvalue weighted by Gasteiger charge is 2.33. The van der Waals surface area contributed by atoms with Gasteiger partial charge in [-0.1, -0.05) is 72.6 Å². The zero-order valence-corrected chi connectivity index (χ0v) is 16.8. The van der Waals surface area contributed by atoms with E-state index in [4.69, 9.17) is 0 Å². The van der Waals surface area contributed by atoms with Crippen LogP contribution in [0.25, 0.3) is 0 Å². The number of hydrogen-bond donors (Lipinski definition) is 0. The molecule has 4 heteroatoms. The quantitative estimate of drug-likeness (QED) is 0.452. The van der Waals surface area contributed by atoms with Crippen LogP contribution in [0.2, 0.25) is 0 Å². The summed E-state index contributed by atoms with van der Waals surface area (Å²) in [5.41, 5.74) is -0.113. The lowest BCUT2D eigenvalue weighted by Crippen LogP contribution is -2.38. The molecule has 0 unspecified atom stereocenters. The lowest BCUT2D eigenvalue weighted by Gasteiger charge is -2.34. The molecular formula is C21H36F3N. The van der Waals surface area contributed by atoms with Gasteiger partial charge in [0.1, 0.15) is 0 Å². The van der Waals surface area contributed by atoms with E-state index in [0.717, 1.165) is 32.2 Å². The molecule has 0 aliphatic heterocycles. The Morgan fingerprint density at radius 3 is 1.92 bits per heavy atom. The fourth-order valence-electron chi connectivity index (χ4n) is 3.14. The van der Waals surface area contributed by atoms with Gasteiger partial charge in [-0.15, -0.1) is 0 Å². The van der Waals surface area contributed by atoms with Gasteiger partial charge in [0, 0.05) is 19.1 Å². The van der Waals surface area contributed by atoms with Gasteiger partial charge in [-0.25, -0.2) is 0 Å². The van der Waals surface area contributed by atoms with Crippen LogP contribution < -0.4 is 0 Å². The summed E-state index contributed by atoms with van der Waals surface area (Å²) in [5, 5.41) is 0. The summed E-state index contributed by atoms with van der Waals surface area (Å²) in [6.45, 7) is 13.7. The summed E-state index contributed by atoms with van der Waals surface area (Å²) in [6.07, 6.45) is -0.102. The molecule has 0 aliphatic carbocycles. The lowest BCUT2D eigenvalue weighted by atomic mass is 10.00. The van der Waals surface area contributed by atoms with Crippen LogP contribution in [0.15, 0.2) is 24.3 Å². The number of alkyl halides is 3. The van der Waals surface area contributed by atoms with E-state index in [-0.39, 0.29) is 0 Å². The highest BCUT2D eigenvalue weighted by molar-refractivity contribution is 5.29. The molecule has 0 saturated carbocycles. The number of nitrogens with zero attached hydrogens (tertiary/aromatic N) is 1. The van der Waals surface area contributed by atoms with Gasteiger partial charge >= 0.3 is 6.18 Å². The fraction of sp³-hybridized carbons (Fsp3) is 0.714. The highest BCUT2D eigenvalue weighted by atomic mass is 19.4. The topological polar surface area (TPSA) is 3.24 Å². The maximum Gasteiger partial charge on any atom is 0.416 e. The predicted octanol–water partition coefficient (Wildman–Crippen LogP) is 7.16. The third-order valence-electron chi connectivity index (χ3n) is 4.06. The van der Waals surface area contributed by atoms with Crippen LogP contribution in [-0.4, -0.2) is 17.5 Å². The van der Waals surface area contributed by atoms with E-state index in [1.54, 1.807) is 12.1 Å². The van der Waals surface area contributed by atoms with Crippen molar-refractivity contribution in [3.05, 3.63) is 35.4 Å². The van der Waals surface area contributed by atoms with E-state index in [0.29, 0.717) is 24.1 Å². The van der Waals surface area contributed by atoms with Crippen molar-refractivity contribution in [2.24, 2.45) is 5.92 Å². The highest BCUT2D eigenvalue weighted by Crippen LogP contribution is 2.33. The van der Waals surface area contributed by atoms with Gasteiger partial charge in [0.05, 0.1) is 5.56 Å². The minimum atomic E-state index is -4.29. The number of benzene rings is 1. The average Bonchev–Trinajstić information content (AvgIpc) is 2.55. The number of rotatable bonds is 9. The molecule has 146 valence electrons. The molecule has 25 heavy (non-hydrogen) atoms. The third-order valence-corrected chi connectivity index (χ3v) is 4.06. The first-order valence-corrected chi connectivity index (χ1v) is 9.68. The van der Waals surface area contributed by atoms with Gasteiger partial charge in [-0.2, -0.15) is 13.2 Å². The largest absolute Gasteiger partial charge is 0.416 e. The molecule has 0 atom stereocenters. The van der Waals surface area contributed by atoms with Crippen LogP contribution in [0.4, 0.5) is 13.2 Å². The van der Waals surface area contributed by atoms with Gasteiger partial charge in [0.15, 0.2) is 0 Å². The molecule has 0 saturated heterocycles. The van der Waals surface area contributed by atoms with Crippen LogP contribution in [0.1, 0.15) is 78.4 Å². The normalized spacial score (nSPS) is 11.8. The molecule has 0 aliphatic rings. The third kappa shape index (κ3) is 8.75. The van der Waals surface area contributed by atoms with Gasteiger partial charge in [-0.05, 0) is 30.4 Å². The molecule has 1 aromatic rings. The SMILES string of the molecule is CC.CCCC(CCC)N(Cc1ccccc1C(F)(F)F)CC(C)C. The zero-order valence-electron chi connectivity index (χ0n) is 16.8. The van der Waals surface area contributed by atoms with Crippen LogP contribution in [0.5, 0.6) is 0 Å². The van der Waals surface area contributed by atoms with Crippen molar-refractivity contribution in [3.63, 3.8) is 0 Å². The first-order chi connectivity index (χ1) is 11.8. The molecule has 0 spiro atoms. The van der Waals surface area contributed by atoms with E-state index in [1.807, 2.05) is 13.8 Å². The van der Waals surface area contributed by atoms with Crippen molar-refractivity contribution in [2.45, 2.75) is 86.0 Å². The molecule has 0 fully saturated rings. The second-order valence-electron chi connectivity index (χ2n) is 6.71. The monoisotopic (exact) mass is 359 g/mol. The molecule has 0 radical (unpaired) electrons. The fourth-order valence-corrected chi connectivity index (χ4v) is 3.14. The molecular weight excluding hydrogens is 323 g/mol. The molecule has 1 aromatic carbocycles. The Morgan fingerprint density at radius 1 is 0.960 bits per heavy atom. The maximum absolute atomic E-state index is 13.2. The molecule has 1 rings (SSSR count). The van der Waals surface area contributed by atoms with E-state index >= 15 is 0 Å². The van der Waals surface area contributed by atoms with Crippen molar-refractivity contribution < 1.29 is 13.2 Å². The maximum atomic E-state index is 13.2. The minimum absolute atomic E-state index is 0.355. The first-order valence-electron chi connectivity index (χ1n) is 9.68. The summed E-state index contributed by atoms with van der Waals surface area (Å²) < 4.78 is 39.7. The minimum Gasteiger partial charge on any atom is -0.296 e. The molecule has 1 nitrogen and oxygen atoms in total. The Bertz CT molecular complexity index is 449. The smallest absolute Gasteiger partial charge is 0.296 e. The first kappa shape index (κ1) is 24.0. The van der Waals surface area contributed by atoms with Crippen molar-refractivity contribution in [2.75, 3.05) is 6.54 Å². The van der Waals surface area contributed by atoms with E-state index < -0.39 is 11.7 Å². The summed E-state index contributed by atoms with van der Waals surface area (Å²) in [7, 11) is 0. The van der Waals surface area contributed by atoms with E-state index in [1.165, 1.54) is 12.1 Å². The van der Waals surface area contributed by atoms with E-state index in [2.05, 4.69) is 32.6 Å². The van der Waals surface area contributed by atoms with Crippen molar-refractivity contribution >= 4 is 0 Å². The van der Waals surface area contributed by atoms with Crippen LogP contribution >= 0.6 is 0 Å². The summed E-state index contributed by atoms with van der Waals surface area (Å²) in [4.78, 5) is 2.25. The molecule has 0 bridgehead atoms. The Balaban J connectivity index is 0.00000277. The standard InChI is InChI=1S/C19H30F3N.C2H6/c1-5-9-17(10-6-2)23(13-15(3)4)14-16-11-7-8-12-18(16)19(20,21)22;1-2/h7-8,11-12,15,17H,5-6,9-10,13-14H2,1-4H3;1-2H3. The zero-order chi connectivity index (χ0) is 19.5. The Hall–Kier alpha value is -1.03. The molecule has 0 N–H and O–H groups in total. The van der Waals surface area contributed by atoms with Gasteiger partial charge in [0.25, 0.3) is 0 Å². The van der Waals surface area contributed by atoms with Crippen LogP contribution in [-0.2, 0) is 12.7 Å². The van der Waals surface area contributed by atoms with Crippen molar-refractivity contribution in [1.82, 2.24) is 4.90 Å². The number of hydrogen-bond acceptors (Lipinski definition) is 1. The molecule has 0 heterocycles. The summed E-state index contributed by atoms with van der Waals surface area (Å²) in [6, 6.07) is 6.33. The number of halogens is 3. The van der Waals surface area contributed by atoms with Crippen LogP contribution in [0.3, 0.4) is 0 Å². The van der Waals surface area contributed by atoms with Gasteiger partial charge < -0.3 is 0 Å². The second kappa shape index (κ2) is 12.3. The van der Waals surface area contributed by atoms with E-state index in [9.17, 15) is 13.2 Å². The molecule has 0 amide bonds. The Kier molecular flexibility index (Phi) is 11.8. The van der Waals surface area contributed by atoms with Gasteiger partial charge in [0.2, 0.25) is 0 Å². The Labute approximate surface area is 152 Å². The lowest BCUT2D eigenvalue weighted by molar-refractivity contribution is -0.138. The summed E-state index contributed by atoms with van der Waals surface area (Å²) >= 11 is 0. The Morgan fingerprint density at radius 2 is 1.48 bits per heavy atom. The van der Waals surface area contributed by atoms with Crippen molar-refractivity contribution in [1.29, 1.82) is 0 Å².